The molecule has 0 radical (unpaired) electrons. The van der Waals surface area contributed by atoms with Gasteiger partial charge in [-0.15, -0.1) is 0 Å². The van der Waals surface area contributed by atoms with Gasteiger partial charge in [0.15, 0.2) is 0 Å². The highest BCUT2D eigenvalue weighted by Gasteiger charge is 2.51. The average Bonchev–Trinajstić information content (AvgIpc) is 3.05. The van der Waals surface area contributed by atoms with Gasteiger partial charge < -0.3 is 19.1 Å². The first kappa shape index (κ1) is 23.0. The van der Waals surface area contributed by atoms with Crippen molar-refractivity contribution in [3.8, 4) is 11.3 Å². The van der Waals surface area contributed by atoms with E-state index in [0.29, 0.717) is 5.56 Å². The van der Waals surface area contributed by atoms with E-state index in [1.807, 2.05) is 75.1 Å². The lowest BCUT2D eigenvalue weighted by molar-refractivity contribution is 0.00578. The van der Waals surface area contributed by atoms with Crippen molar-refractivity contribution in [1.82, 2.24) is 19.8 Å². The lowest BCUT2D eigenvalue weighted by atomic mass is 9.78. The zero-order chi connectivity index (χ0) is 24.1. The van der Waals surface area contributed by atoms with Gasteiger partial charge in [0, 0.05) is 42.7 Å². The smallest absolute Gasteiger partial charge is 0.399 e. The fourth-order valence-electron chi connectivity index (χ4n) is 4.42. The van der Waals surface area contributed by atoms with E-state index in [-0.39, 0.29) is 5.91 Å². The van der Waals surface area contributed by atoms with Crippen LogP contribution in [0, 0.1) is 0 Å². The summed E-state index contributed by atoms with van der Waals surface area (Å²) in [6.07, 6.45) is 1.57. The number of aromatic nitrogens is 2. The Kier molecular flexibility index (Phi) is 5.71. The van der Waals surface area contributed by atoms with Crippen LogP contribution in [0.15, 0.2) is 48.8 Å². The van der Waals surface area contributed by atoms with Crippen LogP contribution in [0.5, 0.6) is 0 Å². The topological polar surface area (TPSA) is 67.8 Å². The number of hydrogen-bond acceptors (Lipinski definition) is 6. The molecule has 0 aliphatic carbocycles. The predicted molar refractivity (Wildman–Crippen MR) is 134 cm³/mol. The van der Waals surface area contributed by atoms with E-state index in [4.69, 9.17) is 9.31 Å². The number of nitrogens with zero attached hydrogens (tertiary/aromatic N) is 4. The van der Waals surface area contributed by atoms with Crippen LogP contribution in [-0.2, 0) is 9.31 Å². The number of fused-ring (bicyclic) bond motifs is 1. The van der Waals surface area contributed by atoms with Gasteiger partial charge >= 0.3 is 7.12 Å². The fraction of sp³-hybridized carbons (Fsp3) is 0.423. The van der Waals surface area contributed by atoms with Crippen LogP contribution in [0.3, 0.4) is 0 Å². The number of hydrogen-bond donors (Lipinski definition) is 0. The highest BCUT2D eigenvalue weighted by Crippen LogP contribution is 2.37. The highest BCUT2D eigenvalue weighted by molar-refractivity contribution is 6.62. The van der Waals surface area contributed by atoms with Gasteiger partial charge in [0.25, 0.3) is 5.91 Å². The molecule has 0 bridgehead atoms. The minimum atomic E-state index is -0.465. The van der Waals surface area contributed by atoms with Crippen molar-refractivity contribution in [1.29, 1.82) is 0 Å². The maximum Gasteiger partial charge on any atom is 0.494 e. The summed E-state index contributed by atoms with van der Waals surface area (Å²) in [4.78, 5) is 26.4. The standard InChI is InChI=1S/C26H31BN4O3/c1-25(2)26(3,4)34-27(33-25)20-9-10-22-21(16-20)23(29-17-28-22)18-7-6-8-19(15-18)24(32)31-13-11-30(5)12-14-31/h6-10,15-17H,11-14H2,1-5H3. The molecule has 7 nitrogen and oxygen atoms in total. The summed E-state index contributed by atoms with van der Waals surface area (Å²) in [5.41, 5.74) is 3.28. The van der Waals surface area contributed by atoms with Gasteiger partial charge in [-0.2, -0.15) is 0 Å². The molecule has 0 spiro atoms. The summed E-state index contributed by atoms with van der Waals surface area (Å²) in [6, 6.07) is 13.7. The summed E-state index contributed by atoms with van der Waals surface area (Å²) >= 11 is 0. The molecule has 0 saturated carbocycles. The van der Waals surface area contributed by atoms with Crippen molar-refractivity contribution in [3.05, 3.63) is 54.4 Å². The average molecular weight is 458 g/mol. The molecule has 3 aromatic rings. The van der Waals surface area contributed by atoms with Crippen LogP contribution in [0.25, 0.3) is 22.2 Å². The van der Waals surface area contributed by atoms with Crippen LogP contribution in [0.4, 0.5) is 0 Å². The molecule has 2 aliphatic heterocycles. The largest absolute Gasteiger partial charge is 0.494 e. The Morgan fingerprint density at radius 2 is 1.65 bits per heavy atom. The number of amides is 1. The van der Waals surface area contributed by atoms with Crippen molar-refractivity contribution >= 4 is 29.4 Å². The Morgan fingerprint density at radius 1 is 0.941 bits per heavy atom. The second-order valence-electron chi connectivity index (χ2n) is 10.3. The van der Waals surface area contributed by atoms with Gasteiger partial charge in [0.05, 0.1) is 22.4 Å². The van der Waals surface area contributed by atoms with E-state index >= 15 is 0 Å². The molecule has 176 valence electrons. The van der Waals surface area contributed by atoms with Crippen molar-refractivity contribution in [3.63, 3.8) is 0 Å². The molecule has 0 unspecified atom stereocenters. The van der Waals surface area contributed by atoms with Crippen molar-refractivity contribution in [2.75, 3.05) is 33.2 Å². The van der Waals surface area contributed by atoms with Gasteiger partial charge in [-0.05, 0) is 58.4 Å². The van der Waals surface area contributed by atoms with E-state index < -0.39 is 18.3 Å². The van der Waals surface area contributed by atoms with Gasteiger partial charge in [-0.3, -0.25) is 4.79 Å². The first-order valence-corrected chi connectivity index (χ1v) is 11.8. The molecule has 3 heterocycles. The van der Waals surface area contributed by atoms with E-state index in [9.17, 15) is 4.79 Å². The summed E-state index contributed by atoms with van der Waals surface area (Å²) in [5, 5.41) is 0.902. The molecular formula is C26H31BN4O3. The molecule has 1 amide bonds. The van der Waals surface area contributed by atoms with Crippen molar-refractivity contribution in [2.45, 2.75) is 38.9 Å². The molecule has 0 N–H and O–H groups in total. The van der Waals surface area contributed by atoms with Crippen LogP contribution >= 0.6 is 0 Å². The lowest BCUT2D eigenvalue weighted by Crippen LogP contribution is -2.47. The summed E-state index contributed by atoms with van der Waals surface area (Å²) in [7, 11) is 1.62. The van der Waals surface area contributed by atoms with Gasteiger partial charge in [0.1, 0.15) is 6.33 Å². The van der Waals surface area contributed by atoms with Crippen molar-refractivity contribution in [2.24, 2.45) is 0 Å². The number of piperazine rings is 1. The van der Waals surface area contributed by atoms with Gasteiger partial charge in [-0.1, -0.05) is 24.3 Å². The Morgan fingerprint density at radius 3 is 2.35 bits per heavy atom. The van der Waals surface area contributed by atoms with E-state index in [1.54, 1.807) is 6.33 Å². The maximum absolute atomic E-state index is 13.1. The van der Waals surface area contributed by atoms with E-state index in [2.05, 4.69) is 21.9 Å². The van der Waals surface area contributed by atoms with E-state index in [0.717, 1.165) is 53.8 Å². The summed E-state index contributed by atoms with van der Waals surface area (Å²) in [5.74, 6) is 0.0613. The Labute approximate surface area is 201 Å². The molecule has 1 aromatic heterocycles. The number of carbonyl (C=O) groups excluding carboxylic acids is 1. The molecule has 2 aliphatic rings. The van der Waals surface area contributed by atoms with Crippen molar-refractivity contribution < 1.29 is 14.1 Å². The molecule has 0 atom stereocenters. The van der Waals surface area contributed by atoms with Crippen LogP contribution < -0.4 is 5.46 Å². The minimum Gasteiger partial charge on any atom is -0.399 e. The third-order valence-electron chi connectivity index (χ3n) is 7.36. The number of carbonyl (C=O) groups is 1. The molecule has 34 heavy (non-hydrogen) atoms. The number of rotatable bonds is 3. The zero-order valence-electron chi connectivity index (χ0n) is 20.5. The van der Waals surface area contributed by atoms with Crippen LogP contribution in [-0.4, -0.2) is 77.2 Å². The fourth-order valence-corrected chi connectivity index (χ4v) is 4.42. The Balaban J connectivity index is 1.49. The molecular weight excluding hydrogens is 427 g/mol. The molecule has 2 aromatic carbocycles. The third kappa shape index (κ3) is 4.10. The van der Waals surface area contributed by atoms with Crippen LogP contribution in [0.1, 0.15) is 38.1 Å². The highest BCUT2D eigenvalue weighted by atomic mass is 16.7. The monoisotopic (exact) mass is 458 g/mol. The van der Waals surface area contributed by atoms with Gasteiger partial charge in [-0.25, -0.2) is 9.97 Å². The number of likely N-dealkylation sites (N-methyl/N-ethyl adjacent to an activating group) is 1. The van der Waals surface area contributed by atoms with Gasteiger partial charge in [0.2, 0.25) is 0 Å². The number of benzene rings is 2. The quantitative estimate of drug-likeness (QED) is 0.563. The normalized spacial score (nSPS) is 20.1. The van der Waals surface area contributed by atoms with E-state index in [1.165, 1.54) is 0 Å². The second-order valence-corrected chi connectivity index (χ2v) is 10.3. The van der Waals surface area contributed by atoms with Crippen LogP contribution in [0.2, 0.25) is 0 Å². The molecule has 2 fully saturated rings. The first-order valence-electron chi connectivity index (χ1n) is 11.8. The Bertz CT molecular complexity index is 1220. The second kappa shape index (κ2) is 8.45. The molecule has 8 heteroatoms. The Hall–Kier alpha value is -2.81. The molecule has 5 rings (SSSR count). The summed E-state index contributed by atoms with van der Waals surface area (Å²) < 4.78 is 12.5. The zero-order valence-corrected chi connectivity index (χ0v) is 20.5. The third-order valence-corrected chi connectivity index (χ3v) is 7.36. The SMILES string of the molecule is CN1CCN(C(=O)c2cccc(-c3ncnc4ccc(B5OC(C)(C)C(C)(C)O5)cc34)c2)CC1. The summed E-state index contributed by atoms with van der Waals surface area (Å²) in [6.45, 7) is 11.5. The molecule has 2 saturated heterocycles. The predicted octanol–water partition coefficient (Wildman–Crippen LogP) is 2.98. The first-order chi connectivity index (χ1) is 16.1. The lowest BCUT2D eigenvalue weighted by Gasteiger charge is -2.32. The maximum atomic E-state index is 13.1. The minimum absolute atomic E-state index is 0.0613.